The SMILES string of the molecule is Cc1[nH]ncc1CN[C@@H](C)CCc1ccc(O)cc1. The van der Waals surface area contributed by atoms with E-state index >= 15 is 0 Å². The first-order valence-corrected chi connectivity index (χ1v) is 6.65. The van der Waals surface area contributed by atoms with Gasteiger partial charge in [0, 0.05) is 23.8 Å². The molecule has 19 heavy (non-hydrogen) atoms. The van der Waals surface area contributed by atoms with Gasteiger partial charge in [-0.25, -0.2) is 0 Å². The van der Waals surface area contributed by atoms with Gasteiger partial charge in [0.25, 0.3) is 0 Å². The minimum atomic E-state index is 0.324. The summed E-state index contributed by atoms with van der Waals surface area (Å²) in [7, 11) is 0. The fourth-order valence-electron chi connectivity index (χ4n) is 1.99. The number of aromatic nitrogens is 2. The third-order valence-corrected chi connectivity index (χ3v) is 3.38. The van der Waals surface area contributed by atoms with E-state index in [-0.39, 0.29) is 0 Å². The molecule has 0 radical (unpaired) electrons. The molecule has 1 heterocycles. The summed E-state index contributed by atoms with van der Waals surface area (Å²) in [5, 5.41) is 19.7. The minimum absolute atomic E-state index is 0.324. The molecule has 102 valence electrons. The van der Waals surface area contributed by atoms with Crippen LogP contribution in [0.5, 0.6) is 5.75 Å². The van der Waals surface area contributed by atoms with Gasteiger partial charge in [-0.2, -0.15) is 5.10 Å². The predicted octanol–water partition coefficient (Wildman–Crippen LogP) is 2.53. The van der Waals surface area contributed by atoms with E-state index in [1.54, 1.807) is 12.1 Å². The maximum atomic E-state index is 9.23. The minimum Gasteiger partial charge on any atom is -0.508 e. The lowest BCUT2D eigenvalue weighted by molar-refractivity contribution is 0.474. The zero-order valence-corrected chi connectivity index (χ0v) is 11.5. The molecule has 0 amide bonds. The molecule has 0 fully saturated rings. The van der Waals surface area contributed by atoms with Gasteiger partial charge in [0.2, 0.25) is 0 Å². The fourth-order valence-corrected chi connectivity index (χ4v) is 1.99. The standard InChI is InChI=1S/C15H21N3O/c1-11(16-9-14-10-17-18-12(14)2)3-4-13-5-7-15(19)8-6-13/h5-8,10-11,16,19H,3-4,9H2,1-2H3,(H,17,18)/t11-/m0/s1. The molecule has 3 N–H and O–H groups in total. The van der Waals surface area contributed by atoms with Gasteiger partial charge in [-0.05, 0) is 44.4 Å². The van der Waals surface area contributed by atoms with Gasteiger partial charge in [-0.3, -0.25) is 5.10 Å². The van der Waals surface area contributed by atoms with E-state index in [0.29, 0.717) is 11.8 Å². The average molecular weight is 259 g/mol. The molecule has 0 saturated heterocycles. The smallest absolute Gasteiger partial charge is 0.115 e. The number of phenols is 1. The third kappa shape index (κ3) is 4.10. The van der Waals surface area contributed by atoms with Crippen LogP contribution in [-0.4, -0.2) is 21.3 Å². The fraction of sp³-hybridized carbons (Fsp3) is 0.400. The maximum absolute atomic E-state index is 9.23. The van der Waals surface area contributed by atoms with Crippen molar-refractivity contribution in [2.24, 2.45) is 0 Å². The number of nitrogens with one attached hydrogen (secondary N) is 2. The molecule has 0 aliphatic heterocycles. The second kappa shape index (κ2) is 6.38. The van der Waals surface area contributed by atoms with Crippen LogP contribution in [0.1, 0.15) is 30.2 Å². The van der Waals surface area contributed by atoms with E-state index in [1.165, 1.54) is 11.1 Å². The monoisotopic (exact) mass is 259 g/mol. The number of aromatic amines is 1. The van der Waals surface area contributed by atoms with Crippen molar-refractivity contribution in [3.05, 3.63) is 47.3 Å². The Kier molecular flexibility index (Phi) is 4.58. The molecule has 0 aliphatic rings. The quantitative estimate of drug-likeness (QED) is 0.747. The molecule has 4 heteroatoms. The van der Waals surface area contributed by atoms with Gasteiger partial charge in [0.05, 0.1) is 6.20 Å². The van der Waals surface area contributed by atoms with Gasteiger partial charge in [0.15, 0.2) is 0 Å². The maximum Gasteiger partial charge on any atom is 0.115 e. The van der Waals surface area contributed by atoms with Gasteiger partial charge in [-0.1, -0.05) is 12.1 Å². The highest BCUT2D eigenvalue weighted by Gasteiger charge is 2.05. The Morgan fingerprint density at radius 2 is 2.05 bits per heavy atom. The van der Waals surface area contributed by atoms with Crippen molar-refractivity contribution in [3.8, 4) is 5.75 Å². The number of H-pyrrole nitrogens is 1. The molecular formula is C15H21N3O. The Labute approximate surface area is 113 Å². The van der Waals surface area contributed by atoms with Gasteiger partial charge >= 0.3 is 0 Å². The van der Waals surface area contributed by atoms with Crippen molar-refractivity contribution in [2.75, 3.05) is 0 Å². The summed E-state index contributed by atoms with van der Waals surface area (Å²) >= 11 is 0. The number of benzene rings is 1. The Morgan fingerprint density at radius 3 is 2.68 bits per heavy atom. The Balaban J connectivity index is 1.74. The highest BCUT2D eigenvalue weighted by molar-refractivity contribution is 5.25. The molecule has 0 saturated carbocycles. The molecule has 1 atom stereocenters. The lowest BCUT2D eigenvalue weighted by Crippen LogP contribution is -2.26. The zero-order chi connectivity index (χ0) is 13.7. The molecule has 2 aromatic rings. The van der Waals surface area contributed by atoms with Crippen molar-refractivity contribution in [1.29, 1.82) is 0 Å². The highest BCUT2D eigenvalue weighted by atomic mass is 16.3. The van der Waals surface area contributed by atoms with Crippen LogP contribution in [0.25, 0.3) is 0 Å². The Morgan fingerprint density at radius 1 is 1.32 bits per heavy atom. The zero-order valence-electron chi connectivity index (χ0n) is 11.5. The molecule has 2 rings (SSSR count). The van der Waals surface area contributed by atoms with Crippen molar-refractivity contribution < 1.29 is 5.11 Å². The van der Waals surface area contributed by atoms with E-state index in [1.807, 2.05) is 25.3 Å². The molecule has 0 unspecified atom stereocenters. The topological polar surface area (TPSA) is 60.9 Å². The summed E-state index contributed by atoms with van der Waals surface area (Å²) in [4.78, 5) is 0. The number of aromatic hydroxyl groups is 1. The number of hydrogen-bond donors (Lipinski definition) is 3. The molecule has 1 aromatic carbocycles. The number of nitrogens with zero attached hydrogens (tertiary/aromatic N) is 1. The summed E-state index contributed by atoms with van der Waals surface area (Å²) in [5.74, 6) is 0.324. The first kappa shape index (κ1) is 13.6. The van der Waals surface area contributed by atoms with Crippen LogP contribution in [0.3, 0.4) is 0 Å². The molecule has 1 aromatic heterocycles. The molecule has 0 bridgehead atoms. The van der Waals surface area contributed by atoms with E-state index in [4.69, 9.17) is 0 Å². The third-order valence-electron chi connectivity index (χ3n) is 3.38. The molecule has 0 aliphatic carbocycles. The summed E-state index contributed by atoms with van der Waals surface area (Å²) in [6.07, 6.45) is 3.95. The molecule has 4 nitrogen and oxygen atoms in total. The number of aryl methyl sites for hydroxylation is 2. The van der Waals surface area contributed by atoms with Crippen LogP contribution in [0.4, 0.5) is 0 Å². The Hall–Kier alpha value is -1.81. The summed E-state index contributed by atoms with van der Waals surface area (Å²) in [5.41, 5.74) is 3.60. The van der Waals surface area contributed by atoms with Crippen LogP contribution < -0.4 is 5.32 Å². The summed E-state index contributed by atoms with van der Waals surface area (Å²) in [6, 6.07) is 7.87. The first-order chi connectivity index (χ1) is 9.15. The van der Waals surface area contributed by atoms with Crippen molar-refractivity contribution in [3.63, 3.8) is 0 Å². The number of phenolic OH excluding ortho intramolecular Hbond substituents is 1. The number of rotatable bonds is 6. The lowest BCUT2D eigenvalue weighted by Gasteiger charge is -2.13. The van der Waals surface area contributed by atoms with Crippen LogP contribution in [0.2, 0.25) is 0 Å². The van der Waals surface area contributed by atoms with Gasteiger partial charge < -0.3 is 10.4 Å². The first-order valence-electron chi connectivity index (χ1n) is 6.65. The van der Waals surface area contributed by atoms with Gasteiger partial charge in [-0.15, -0.1) is 0 Å². The second-order valence-corrected chi connectivity index (χ2v) is 5.01. The van der Waals surface area contributed by atoms with Crippen LogP contribution in [0, 0.1) is 6.92 Å². The predicted molar refractivity (Wildman–Crippen MR) is 76.1 cm³/mol. The lowest BCUT2D eigenvalue weighted by atomic mass is 10.1. The molecular weight excluding hydrogens is 238 g/mol. The summed E-state index contributed by atoms with van der Waals surface area (Å²) in [6.45, 7) is 5.07. The van der Waals surface area contributed by atoms with E-state index in [0.717, 1.165) is 25.1 Å². The van der Waals surface area contributed by atoms with Crippen LogP contribution in [-0.2, 0) is 13.0 Å². The number of hydrogen-bond acceptors (Lipinski definition) is 3. The van der Waals surface area contributed by atoms with E-state index < -0.39 is 0 Å². The van der Waals surface area contributed by atoms with Crippen molar-refractivity contribution >= 4 is 0 Å². The van der Waals surface area contributed by atoms with Crippen LogP contribution in [0.15, 0.2) is 30.5 Å². The second-order valence-electron chi connectivity index (χ2n) is 5.01. The van der Waals surface area contributed by atoms with E-state index in [9.17, 15) is 5.11 Å². The summed E-state index contributed by atoms with van der Waals surface area (Å²) < 4.78 is 0. The van der Waals surface area contributed by atoms with Crippen molar-refractivity contribution in [1.82, 2.24) is 15.5 Å². The van der Waals surface area contributed by atoms with Crippen LogP contribution >= 0.6 is 0 Å². The van der Waals surface area contributed by atoms with Gasteiger partial charge in [0.1, 0.15) is 5.75 Å². The molecule has 0 spiro atoms. The largest absolute Gasteiger partial charge is 0.508 e. The van der Waals surface area contributed by atoms with Crippen molar-refractivity contribution in [2.45, 2.75) is 39.3 Å². The Bertz CT molecular complexity index is 504. The average Bonchev–Trinajstić information content (AvgIpc) is 2.81. The normalized spacial score (nSPS) is 12.5. The highest BCUT2D eigenvalue weighted by Crippen LogP contribution is 2.12. The van der Waals surface area contributed by atoms with E-state index in [2.05, 4.69) is 22.4 Å².